The molecule has 2 amide bonds. The molecule has 2 aliphatic heterocycles. The first kappa shape index (κ1) is 25.4. The topological polar surface area (TPSA) is 116 Å². The zero-order chi connectivity index (χ0) is 29.1. The lowest BCUT2D eigenvalue weighted by Gasteiger charge is -2.39. The van der Waals surface area contributed by atoms with Crippen molar-refractivity contribution in [1.82, 2.24) is 15.0 Å². The van der Waals surface area contributed by atoms with E-state index in [1.165, 1.54) is 12.5 Å². The summed E-state index contributed by atoms with van der Waals surface area (Å²) in [4.78, 5) is 47.8. The molecular weight excluding hydrogens is 550 g/mol. The van der Waals surface area contributed by atoms with Crippen molar-refractivity contribution >= 4 is 39.9 Å². The summed E-state index contributed by atoms with van der Waals surface area (Å²) in [5.74, 6) is 0.886. The first-order chi connectivity index (χ1) is 21.1. The van der Waals surface area contributed by atoms with Gasteiger partial charge in [-0.2, -0.15) is 0 Å². The fourth-order valence-corrected chi connectivity index (χ4v) is 6.43. The van der Waals surface area contributed by atoms with Crippen LogP contribution >= 0.6 is 0 Å². The summed E-state index contributed by atoms with van der Waals surface area (Å²) in [6.07, 6.45) is 3.00. The Hall–Kier alpha value is -5.32. The van der Waals surface area contributed by atoms with Crippen molar-refractivity contribution in [3.8, 4) is 11.3 Å². The smallest absolute Gasteiger partial charge is 0.289 e. The number of furan rings is 2. The maximum Gasteiger partial charge on any atom is 0.289 e. The molecule has 11 heteroatoms. The minimum Gasteiger partial charge on any atom is -0.459 e. The number of carbonyl (C=O) groups excluding carboxylic acids is 3. The van der Waals surface area contributed by atoms with Gasteiger partial charge in [-0.1, -0.05) is 29.4 Å². The maximum absolute atomic E-state index is 14.1. The van der Waals surface area contributed by atoms with E-state index < -0.39 is 0 Å². The molecule has 0 bridgehead atoms. The number of hydrogen-bond acceptors (Lipinski definition) is 9. The number of nitrogens with zero attached hydrogens (tertiary/aromatic N) is 5. The molecule has 1 aliphatic carbocycles. The van der Waals surface area contributed by atoms with E-state index in [4.69, 9.17) is 13.4 Å². The van der Waals surface area contributed by atoms with Gasteiger partial charge >= 0.3 is 0 Å². The van der Waals surface area contributed by atoms with Crippen molar-refractivity contribution in [2.24, 2.45) is 0 Å². The molecule has 216 valence electrons. The largest absolute Gasteiger partial charge is 0.459 e. The van der Waals surface area contributed by atoms with E-state index in [-0.39, 0.29) is 17.6 Å². The number of benzene rings is 2. The second-order valence-electron chi connectivity index (χ2n) is 10.9. The monoisotopic (exact) mass is 577 g/mol. The minimum absolute atomic E-state index is 0.0687. The van der Waals surface area contributed by atoms with Crippen molar-refractivity contribution in [3.05, 3.63) is 89.8 Å². The molecule has 0 spiro atoms. The molecule has 0 unspecified atom stereocenters. The van der Waals surface area contributed by atoms with Gasteiger partial charge in [0.05, 0.1) is 34.9 Å². The van der Waals surface area contributed by atoms with E-state index in [2.05, 4.69) is 15.0 Å². The van der Waals surface area contributed by atoms with Gasteiger partial charge < -0.3 is 33.0 Å². The Balaban J connectivity index is 1.15. The van der Waals surface area contributed by atoms with Crippen molar-refractivity contribution in [2.75, 3.05) is 62.2 Å². The Labute approximate surface area is 245 Å². The zero-order valence-electron chi connectivity index (χ0n) is 23.2. The van der Waals surface area contributed by atoms with Crippen LogP contribution in [0.2, 0.25) is 0 Å². The molecule has 5 aromatic rings. The number of aromatic nitrogens is 1. The van der Waals surface area contributed by atoms with Crippen LogP contribution in [0.5, 0.6) is 0 Å². The fraction of sp³-hybridized carbons (Fsp3) is 0.250. The van der Waals surface area contributed by atoms with Crippen molar-refractivity contribution in [3.63, 3.8) is 0 Å². The molecule has 2 aromatic carbocycles. The van der Waals surface area contributed by atoms with Gasteiger partial charge in [0.2, 0.25) is 0 Å². The second kappa shape index (κ2) is 9.90. The minimum atomic E-state index is -0.143. The highest BCUT2D eigenvalue weighted by Gasteiger charge is 2.36. The molecular formula is C32H27N5O6. The van der Waals surface area contributed by atoms with Crippen molar-refractivity contribution in [2.45, 2.75) is 0 Å². The van der Waals surface area contributed by atoms with E-state index in [1.807, 2.05) is 30.3 Å². The highest BCUT2D eigenvalue weighted by molar-refractivity contribution is 6.28. The van der Waals surface area contributed by atoms with Crippen LogP contribution in [-0.2, 0) is 0 Å². The molecule has 11 nitrogen and oxygen atoms in total. The third-order valence-corrected chi connectivity index (χ3v) is 8.64. The van der Waals surface area contributed by atoms with Gasteiger partial charge in [-0.15, -0.1) is 0 Å². The number of hydrogen-bond donors (Lipinski definition) is 0. The van der Waals surface area contributed by atoms with Gasteiger partial charge in [-0.3, -0.25) is 14.4 Å². The fourth-order valence-electron chi connectivity index (χ4n) is 6.43. The van der Waals surface area contributed by atoms with E-state index in [0.717, 1.165) is 16.9 Å². The van der Waals surface area contributed by atoms with E-state index in [0.29, 0.717) is 91.7 Å². The number of rotatable bonds is 4. The Morgan fingerprint density at radius 1 is 0.674 bits per heavy atom. The van der Waals surface area contributed by atoms with Gasteiger partial charge in [-0.25, -0.2) is 0 Å². The Kier molecular flexibility index (Phi) is 5.85. The Morgan fingerprint density at radius 3 is 1.79 bits per heavy atom. The predicted octanol–water partition coefficient (Wildman–Crippen LogP) is 4.15. The molecule has 0 saturated carbocycles. The highest BCUT2D eigenvalue weighted by atomic mass is 16.5. The first-order valence-electron chi connectivity index (χ1n) is 14.3. The average molecular weight is 578 g/mol. The third kappa shape index (κ3) is 4.03. The van der Waals surface area contributed by atoms with Crippen LogP contribution in [0.25, 0.3) is 22.2 Å². The molecule has 2 saturated heterocycles. The zero-order valence-corrected chi connectivity index (χ0v) is 23.2. The molecule has 2 fully saturated rings. The molecule has 0 atom stereocenters. The third-order valence-electron chi connectivity index (χ3n) is 8.64. The number of ketones is 1. The van der Waals surface area contributed by atoms with Gasteiger partial charge in [0.25, 0.3) is 11.8 Å². The summed E-state index contributed by atoms with van der Waals surface area (Å²) in [6, 6.07) is 16.2. The van der Waals surface area contributed by atoms with E-state index >= 15 is 0 Å². The molecule has 5 heterocycles. The summed E-state index contributed by atoms with van der Waals surface area (Å²) in [6.45, 7) is 4.26. The summed E-state index contributed by atoms with van der Waals surface area (Å²) in [5, 5.41) is 5.21. The average Bonchev–Trinajstić information content (AvgIpc) is 3.86. The van der Waals surface area contributed by atoms with Crippen LogP contribution in [0.3, 0.4) is 0 Å². The van der Waals surface area contributed by atoms with E-state index in [1.54, 1.807) is 34.1 Å². The quantitative estimate of drug-likeness (QED) is 0.305. The number of fused-ring (bicyclic) bond motifs is 2. The lowest BCUT2D eigenvalue weighted by Crippen LogP contribution is -2.50. The van der Waals surface area contributed by atoms with E-state index in [9.17, 15) is 14.4 Å². The molecule has 3 aromatic heterocycles. The predicted molar refractivity (Wildman–Crippen MR) is 157 cm³/mol. The lowest BCUT2D eigenvalue weighted by molar-refractivity contribution is 0.0708. The summed E-state index contributed by atoms with van der Waals surface area (Å²) in [7, 11) is 0. The molecule has 8 rings (SSSR count). The van der Waals surface area contributed by atoms with Crippen LogP contribution in [0, 0.1) is 0 Å². The molecule has 3 aliphatic rings. The lowest BCUT2D eigenvalue weighted by atomic mass is 9.86. The Bertz CT molecular complexity index is 1860. The van der Waals surface area contributed by atoms with Crippen molar-refractivity contribution in [1.29, 1.82) is 0 Å². The summed E-state index contributed by atoms with van der Waals surface area (Å²) >= 11 is 0. The summed E-state index contributed by atoms with van der Waals surface area (Å²) < 4.78 is 16.6. The second-order valence-corrected chi connectivity index (χ2v) is 10.9. The molecule has 0 radical (unpaired) electrons. The maximum atomic E-state index is 14.1. The van der Waals surface area contributed by atoms with Gasteiger partial charge in [0.1, 0.15) is 5.52 Å². The van der Waals surface area contributed by atoms with Crippen LogP contribution in [0.15, 0.2) is 80.5 Å². The van der Waals surface area contributed by atoms with Gasteiger partial charge in [0.15, 0.2) is 23.1 Å². The SMILES string of the molecule is O=C1c2ccccc2-c2onc3c(N4CCN(C(=O)c5ccco5)CC4)cc(N4CCN(C(=O)c5ccco5)CC4)c1c23. The Morgan fingerprint density at radius 2 is 1.23 bits per heavy atom. The van der Waals surface area contributed by atoms with Gasteiger partial charge in [0, 0.05) is 63.5 Å². The standard InChI is InChI=1S/C32H27N5O6/c38-29-20-5-1-2-6-21(20)30-27-26(29)22(34-9-13-36(14-10-34)31(39)24-7-3-17-41-24)19-23(28(27)33-43-30)35-11-15-37(16-12-35)32(40)25-8-4-18-42-25/h1-8,17-19H,9-16H2. The first-order valence-corrected chi connectivity index (χ1v) is 14.3. The summed E-state index contributed by atoms with van der Waals surface area (Å²) in [5.41, 5.74) is 4.17. The van der Waals surface area contributed by atoms with Crippen molar-refractivity contribution < 1.29 is 27.7 Å². The number of amides is 2. The van der Waals surface area contributed by atoms with Crippen LogP contribution in [0.4, 0.5) is 11.4 Å². The number of anilines is 2. The molecule has 43 heavy (non-hydrogen) atoms. The number of carbonyl (C=O) groups is 3. The van der Waals surface area contributed by atoms with Crippen LogP contribution in [-0.4, -0.2) is 84.9 Å². The van der Waals surface area contributed by atoms with Crippen LogP contribution in [0.1, 0.15) is 37.0 Å². The highest BCUT2D eigenvalue weighted by Crippen LogP contribution is 2.47. The van der Waals surface area contributed by atoms with Crippen LogP contribution < -0.4 is 9.80 Å². The van der Waals surface area contributed by atoms with Gasteiger partial charge in [-0.05, 0) is 30.3 Å². The normalized spacial score (nSPS) is 16.6. The molecule has 0 N–H and O–H groups in total. The number of piperazine rings is 2.